The van der Waals surface area contributed by atoms with E-state index in [4.69, 9.17) is 24.2 Å². The summed E-state index contributed by atoms with van der Waals surface area (Å²) in [7, 11) is 3.61. The minimum atomic E-state index is 0.416. The van der Waals surface area contributed by atoms with Gasteiger partial charge in [-0.1, -0.05) is 30.3 Å². The molecular weight excluding hydrogens is 424 g/mol. The van der Waals surface area contributed by atoms with Crippen molar-refractivity contribution in [2.45, 2.75) is 18.8 Å². The van der Waals surface area contributed by atoms with Crippen LogP contribution in [0.15, 0.2) is 42.7 Å². The highest BCUT2D eigenvalue weighted by Crippen LogP contribution is 2.47. The molecule has 1 aliphatic rings. The van der Waals surface area contributed by atoms with Crippen molar-refractivity contribution in [1.82, 2.24) is 19.5 Å². The molecule has 1 aromatic carbocycles. The van der Waals surface area contributed by atoms with Crippen molar-refractivity contribution in [3.8, 4) is 28.7 Å². The van der Waals surface area contributed by atoms with Gasteiger partial charge >= 0.3 is 0 Å². The van der Waals surface area contributed by atoms with Gasteiger partial charge in [0.1, 0.15) is 11.4 Å². The minimum Gasteiger partial charge on any atom is -0.475 e. The molecule has 3 aromatic heterocycles. The fourth-order valence-electron chi connectivity index (χ4n) is 4.13. The topological polar surface area (TPSA) is 71.3 Å². The van der Waals surface area contributed by atoms with Gasteiger partial charge < -0.3 is 18.8 Å². The third kappa shape index (κ3) is 4.01. The second-order valence-corrected chi connectivity index (χ2v) is 8.86. The van der Waals surface area contributed by atoms with Gasteiger partial charge in [-0.05, 0) is 24.3 Å². The molecule has 0 aliphatic carbocycles. The van der Waals surface area contributed by atoms with Crippen LogP contribution in [-0.2, 0) is 16.5 Å². The van der Waals surface area contributed by atoms with Crippen LogP contribution in [0.1, 0.15) is 23.6 Å². The van der Waals surface area contributed by atoms with Crippen LogP contribution in [0.5, 0.6) is 5.88 Å². The summed E-state index contributed by atoms with van der Waals surface area (Å²) >= 11 is 1.74. The van der Waals surface area contributed by atoms with Crippen molar-refractivity contribution in [2.24, 2.45) is 7.05 Å². The van der Waals surface area contributed by atoms with Crippen LogP contribution in [0.25, 0.3) is 33.0 Å². The number of nitrogens with zero attached hydrogens (tertiary/aromatic N) is 4. The Balaban J connectivity index is 1.74. The highest BCUT2D eigenvalue weighted by molar-refractivity contribution is 7.19. The molecule has 0 atom stereocenters. The number of aryl methyl sites for hydroxylation is 1. The number of methoxy groups -OCH3 is 1. The summed E-state index contributed by atoms with van der Waals surface area (Å²) in [5.41, 5.74) is 2.33. The quantitative estimate of drug-likeness (QED) is 0.381. The maximum Gasteiger partial charge on any atom is 0.226 e. The first kappa shape index (κ1) is 21.1. The van der Waals surface area contributed by atoms with Crippen molar-refractivity contribution in [1.29, 1.82) is 0 Å². The molecule has 166 valence electrons. The maximum atomic E-state index is 6.17. The molecular formula is C24H26N4O3S. The molecule has 0 amide bonds. The molecule has 32 heavy (non-hydrogen) atoms. The summed E-state index contributed by atoms with van der Waals surface area (Å²) < 4.78 is 18.9. The van der Waals surface area contributed by atoms with E-state index in [2.05, 4.69) is 29.2 Å². The number of benzene rings is 1. The van der Waals surface area contributed by atoms with Gasteiger partial charge in [-0.3, -0.25) is 0 Å². The van der Waals surface area contributed by atoms with Crippen LogP contribution in [-0.4, -0.2) is 53.1 Å². The maximum absolute atomic E-state index is 6.17. The van der Waals surface area contributed by atoms with Crippen LogP contribution in [0.4, 0.5) is 0 Å². The molecule has 4 heterocycles. The molecule has 0 spiro atoms. The molecule has 1 saturated heterocycles. The lowest BCUT2D eigenvalue weighted by Gasteiger charge is -2.22. The number of imidazole rings is 1. The number of ether oxygens (including phenoxy) is 3. The first-order valence-corrected chi connectivity index (χ1v) is 11.6. The Labute approximate surface area is 191 Å². The number of aromatic nitrogens is 4. The summed E-state index contributed by atoms with van der Waals surface area (Å²) in [6.45, 7) is 2.48. The van der Waals surface area contributed by atoms with Crippen LogP contribution < -0.4 is 4.74 Å². The van der Waals surface area contributed by atoms with Crippen LogP contribution in [0.2, 0.25) is 0 Å². The smallest absolute Gasteiger partial charge is 0.226 e. The summed E-state index contributed by atoms with van der Waals surface area (Å²) in [4.78, 5) is 16.5. The number of hydrogen-bond acceptors (Lipinski definition) is 7. The molecule has 1 aliphatic heterocycles. The fourth-order valence-corrected chi connectivity index (χ4v) is 5.49. The molecule has 0 saturated carbocycles. The lowest BCUT2D eigenvalue weighted by Crippen LogP contribution is -2.13. The highest BCUT2D eigenvalue weighted by atomic mass is 32.1. The van der Waals surface area contributed by atoms with Gasteiger partial charge in [-0.15, -0.1) is 11.3 Å². The van der Waals surface area contributed by atoms with E-state index in [1.165, 1.54) is 10.4 Å². The molecule has 0 unspecified atom stereocenters. The second kappa shape index (κ2) is 9.36. The molecule has 1 fully saturated rings. The average Bonchev–Trinajstić information content (AvgIpc) is 3.44. The van der Waals surface area contributed by atoms with Crippen molar-refractivity contribution >= 4 is 21.6 Å². The fraction of sp³-hybridized carbons (Fsp3) is 0.375. The second-order valence-electron chi connectivity index (χ2n) is 7.83. The van der Waals surface area contributed by atoms with Crippen molar-refractivity contribution in [3.63, 3.8) is 0 Å². The third-order valence-electron chi connectivity index (χ3n) is 5.75. The molecule has 5 rings (SSSR count). The van der Waals surface area contributed by atoms with E-state index in [-0.39, 0.29) is 0 Å². The normalized spacial score (nSPS) is 14.8. The van der Waals surface area contributed by atoms with Gasteiger partial charge in [0.2, 0.25) is 11.7 Å². The van der Waals surface area contributed by atoms with Gasteiger partial charge in [0, 0.05) is 50.2 Å². The zero-order chi connectivity index (χ0) is 21.9. The predicted octanol–water partition coefficient (Wildman–Crippen LogP) is 4.68. The first-order valence-electron chi connectivity index (χ1n) is 10.8. The Bertz CT molecular complexity index is 1200. The molecule has 8 heteroatoms. The number of thiophene rings is 1. The van der Waals surface area contributed by atoms with Gasteiger partial charge in [0.05, 0.1) is 12.0 Å². The Morgan fingerprint density at radius 1 is 1.12 bits per heavy atom. The zero-order valence-electron chi connectivity index (χ0n) is 18.3. The summed E-state index contributed by atoms with van der Waals surface area (Å²) in [5.74, 6) is 2.29. The molecule has 0 radical (unpaired) electrons. The molecule has 7 nitrogen and oxygen atoms in total. The van der Waals surface area contributed by atoms with Crippen molar-refractivity contribution in [2.75, 3.05) is 33.5 Å². The Hall–Kier alpha value is -2.81. The highest BCUT2D eigenvalue weighted by Gasteiger charge is 2.28. The Morgan fingerprint density at radius 3 is 2.66 bits per heavy atom. The summed E-state index contributed by atoms with van der Waals surface area (Å²) in [5, 5.41) is 0.969. The van der Waals surface area contributed by atoms with E-state index in [1.54, 1.807) is 24.6 Å². The largest absolute Gasteiger partial charge is 0.475 e. The molecule has 0 N–H and O–H groups in total. The van der Waals surface area contributed by atoms with E-state index in [1.807, 2.05) is 23.9 Å². The van der Waals surface area contributed by atoms with E-state index in [0.717, 1.165) is 41.8 Å². The SMILES string of the molecule is COCCOc1nc(-c2nccn2C)nc2sc(C3CCOCC3)c(-c3ccccc3)c12. The molecule has 4 aromatic rings. The average molecular weight is 451 g/mol. The van der Waals surface area contributed by atoms with Crippen molar-refractivity contribution < 1.29 is 14.2 Å². The van der Waals surface area contributed by atoms with Crippen LogP contribution in [0.3, 0.4) is 0 Å². The van der Waals surface area contributed by atoms with E-state index >= 15 is 0 Å². The number of fused-ring (bicyclic) bond motifs is 1. The lowest BCUT2D eigenvalue weighted by atomic mass is 9.92. The minimum absolute atomic E-state index is 0.416. The number of rotatable bonds is 7. The van der Waals surface area contributed by atoms with Crippen LogP contribution in [0, 0.1) is 0 Å². The standard InChI is InChI=1S/C24H26N4O3S/c1-28-11-10-25-22(28)21-26-23(31-15-14-29-2)19-18(16-6-4-3-5-7-16)20(32-24(19)27-21)17-8-12-30-13-9-17/h3-7,10-11,17H,8-9,12-15H2,1-2H3. The van der Waals surface area contributed by atoms with Gasteiger partial charge in [0.25, 0.3) is 0 Å². The monoisotopic (exact) mass is 450 g/mol. The number of hydrogen-bond donors (Lipinski definition) is 0. The van der Waals surface area contributed by atoms with Gasteiger partial charge in [-0.25, -0.2) is 9.97 Å². The van der Waals surface area contributed by atoms with Crippen molar-refractivity contribution in [3.05, 3.63) is 47.6 Å². The van der Waals surface area contributed by atoms with E-state index < -0.39 is 0 Å². The van der Waals surface area contributed by atoms with E-state index in [9.17, 15) is 0 Å². The van der Waals surface area contributed by atoms with Gasteiger partial charge in [0.15, 0.2) is 5.82 Å². The molecule has 0 bridgehead atoms. The summed E-state index contributed by atoms with van der Waals surface area (Å²) in [6, 6.07) is 10.5. The van der Waals surface area contributed by atoms with Crippen LogP contribution >= 0.6 is 11.3 Å². The van der Waals surface area contributed by atoms with Gasteiger partial charge in [-0.2, -0.15) is 4.98 Å². The summed E-state index contributed by atoms with van der Waals surface area (Å²) in [6.07, 6.45) is 5.66. The Kier molecular flexibility index (Phi) is 6.16. The zero-order valence-corrected chi connectivity index (χ0v) is 19.1. The predicted molar refractivity (Wildman–Crippen MR) is 125 cm³/mol. The first-order chi connectivity index (χ1) is 15.8. The lowest BCUT2D eigenvalue weighted by molar-refractivity contribution is 0.0861. The van der Waals surface area contributed by atoms with E-state index in [0.29, 0.717) is 36.7 Å². The third-order valence-corrected chi connectivity index (χ3v) is 6.99. The Morgan fingerprint density at radius 2 is 1.94 bits per heavy atom.